The monoisotopic (exact) mass is 237 g/mol. The standard InChI is InChI=1S/C12H23N5/c1-5-6-13-11-7-12(16-9-15-11)14-8-10(2)17(3)4/h7,9-10H,5-6,8H2,1-4H3,(H2,13,14,15,16). The summed E-state index contributed by atoms with van der Waals surface area (Å²) in [6.45, 7) is 6.11. The first-order chi connectivity index (χ1) is 8.13. The summed E-state index contributed by atoms with van der Waals surface area (Å²) in [5, 5.41) is 6.55. The van der Waals surface area contributed by atoms with Crippen LogP contribution in [0, 0.1) is 0 Å². The summed E-state index contributed by atoms with van der Waals surface area (Å²) < 4.78 is 0. The SMILES string of the molecule is CCCNc1cc(NCC(C)N(C)C)ncn1. The Bertz CT molecular complexity index is 326. The topological polar surface area (TPSA) is 53.1 Å². The van der Waals surface area contributed by atoms with Crippen molar-refractivity contribution in [2.24, 2.45) is 0 Å². The molecular weight excluding hydrogens is 214 g/mol. The van der Waals surface area contributed by atoms with Crippen LogP contribution in [0.3, 0.4) is 0 Å². The van der Waals surface area contributed by atoms with Crippen molar-refractivity contribution >= 4 is 11.6 Å². The van der Waals surface area contributed by atoms with E-state index in [1.54, 1.807) is 6.33 Å². The van der Waals surface area contributed by atoms with Gasteiger partial charge in [0.1, 0.15) is 18.0 Å². The number of nitrogens with one attached hydrogen (secondary N) is 2. The first kappa shape index (κ1) is 13.7. The molecule has 0 radical (unpaired) electrons. The molecule has 0 bridgehead atoms. The predicted molar refractivity (Wildman–Crippen MR) is 72.5 cm³/mol. The van der Waals surface area contributed by atoms with E-state index in [9.17, 15) is 0 Å². The molecule has 0 fully saturated rings. The van der Waals surface area contributed by atoms with Crippen molar-refractivity contribution in [1.29, 1.82) is 0 Å². The minimum absolute atomic E-state index is 0.469. The molecule has 5 nitrogen and oxygen atoms in total. The second kappa shape index (κ2) is 7.06. The van der Waals surface area contributed by atoms with Crippen LogP contribution in [-0.4, -0.2) is 48.1 Å². The van der Waals surface area contributed by atoms with Crippen molar-refractivity contribution in [1.82, 2.24) is 14.9 Å². The van der Waals surface area contributed by atoms with E-state index in [1.807, 2.05) is 6.07 Å². The average molecular weight is 237 g/mol. The van der Waals surface area contributed by atoms with Gasteiger partial charge in [-0.05, 0) is 27.4 Å². The second-order valence-electron chi connectivity index (χ2n) is 4.41. The molecule has 0 aliphatic heterocycles. The Hall–Kier alpha value is -1.36. The third-order valence-electron chi connectivity index (χ3n) is 2.68. The first-order valence-corrected chi connectivity index (χ1v) is 6.09. The lowest BCUT2D eigenvalue weighted by Gasteiger charge is -2.20. The largest absolute Gasteiger partial charge is 0.370 e. The quantitative estimate of drug-likeness (QED) is 0.755. The molecule has 1 heterocycles. The summed E-state index contributed by atoms with van der Waals surface area (Å²) in [5.74, 6) is 1.74. The van der Waals surface area contributed by atoms with E-state index in [0.717, 1.165) is 31.1 Å². The molecule has 5 heteroatoms. The van der Waals surface area contributed by atoms with Crippen LogP contribution in [0.2, 0.25) is 0 Å². The van der Waals surface area contributed by atoms with E-state index in [0.29, 0.717) is 6.04 Å². The molecule has 1 aromatic rings. The highest BCUT2D eigenvalue weighted by Crippen LogP contribution is 2.08. The fourth-order valence-corrected chi connectivity index (χ4v) is 1.24. The van der Waals surface area contributed by atoms with E-state index in [4.69, 9.17) is 0 Å². The number of hydrogen-bond donors (Lipinski definition) is 2. The second-order valence-corrected chi connectivity index (χ2v) is 4.41. The number of nitrogens with zero attached hydrogens (tertiary/aromatic N) is 3. The van der Waals surface area contributed by atoms with Crippen LogP contribution in [0.1, 0.15) is 20.3 Å². The lowest BCUT2D eigenvalue weighted by atomic mass is 10.3. The summed E-state index contributed by atoms with van der Waals surface area (Å²) in [7, 11) is 4.14. The molecule has 0 aliphatic carbocycles. The summed E-state index contributed by atoms with van der Waals surface area (Å²) in [6, 6.07) is 2.41. The molecule has 0 saturated carbocycles. The zero-order chi connectivity index (χ0) is 12.7. The van der Waals surface area contributed by atoms with Gasteiger partial charge in [0.05, 0.1) is 0 Å². The maximum absolute atomic E-state index is 4.20. The molecule has 0 spiro atoms. The fourth-order valence-electron chi connectivity index (χ4n) is 1.24. The van der Waals surface area contributed by atoms with Crippen molar-refractivity contribution in [2.75, 3.05) is 37.8 Å². The summed E-state index contributed by atoms with van der Waals surface area (Å²) in [4.78, 5) is 10.5. The van der Waals surface area contributed by atoms with Crippen LogP contribution in [0.15, 0.2) is 12.4 Å². The molecular formula is C12H23N5. The Morgan fingerprint density at radius 3 is 2.47 bits per heavy atom. The lowest BCUT2D eigenvalue weighted by Crippen LogP contribution is -2.31. The van der Waals surface area contributed by atoms with Gasteiger partial charge in [-0.1, -0.05) is 6.92 Å². The van der Waals surface area contributed by atoms with Gasteiger partial charge in [-0.3, -0.25) is 0 Å². The molecule has 2 N–H and O–H groups in total. The van der Waals surface area contributed by atoms with Crippen LogP contribution in [0.25, 0.3) is 0 Å². The van der Waals surface area contributed by atoms with Crippen LogP contribution in [0.4, 0.5) is 11.6 Å². The minimum Gasteiger partial charge on any atom is -0.370 e. The average Bonchev–Trinajstić information content (AvgIpc) is 2.33. The molecule has 96 valence electrons. The van der Waals surface area contributed by atoms with Crippen molar-refractivity contribution in [3.8, 4) is 0 Å². The maximum Gasteiger partial charge on any atom is 0.131 e. The molecule has 0 amide bonds. The molecule has 1 rings (SSSR count). The molecule has 0 saturated heterocycles. The molecule has 1 unspecified atom stereocenters. The lowest BCUT2D eigenvalue weighted by molar-refractivity contribution is 0.326. The Kier molecular flexibility index (Phi) is 5.69. The van der Waals surface area contributed by atoms with Crippen molar-refractivity contribution < 1.29 is 0 Å². The van der Waals surface area contributed by atoms with Crippen LogP contribution in [-0.2, 0) is 0 Å². The highest BCUT2D eigenvalue weighted by Gasteiger charge is 2.04. The summed E-state index contributed by atoms with van der Waals surface area (Å²) in [6.07, 6.45) is 2.67. The zero-order valence-electron chi connectivity index (χ0n) is 11.2. The van der Waals surface area contributed by atoms with E-state index in [-0.39, 0.29) is 0 Å². The number of rotatable bonds is 7. The Balaban J connectivity index is 2.48. The first-order valence-electron chi connectivity index (χ1n) is 6.09. The van der Waals surface area contributed by atoms with Gasteiger partial charge >= 0.3 is 0 Å². The zero-order valence-corrected chi connectivity index (χ0v) is 11.2. The van der Waals surface area contributed by atoms with E-state index < -0.39 is 0 Å². The van der Waals surface area contributed by atoms with Gasteiger partial charge in [0, 0.05) is 25.2 Å². The van der Waals surface area contributed by atoms with Crippen molar-refractivity contribution in [3.05, 3.63) is 12.4 Å². The minimum atomic E-state index is 0.469. The highest BCUT2D eigenvalue weighted by molar-refractivity contribution is 5.46. The smallest absolute Gasteiger partial charge is 0.131 e. The van der Waals surface area contributed by atoms with E-state index in [2.05, 4.69) is 53.4 Å². The van der Waals surface area contributed by atoms with Gasteiger partial charge in [0.15, 0.2) is 0 Å². The third-order valence-corrected chi connectivity index (χ3v) is 2.68. The summed E-state index contributed by atoms with van der Waals surface area (Å²) >= 11 is 0. The maximum atomic E-state index is 4.20. The fraction of sp³-hybridized carbons (Fsp3) is 0.667. The van der Waals surface area contributed by atoms with Crippen molar-refractivity contribution in [2.45, 2.75) is 26.3 Å². The summed E-state index contributed by atoms with van der Waals surface area (Å²) in [5.41, 5.74) is 0. The normalized spacial score (nSPS) is 12.5. The number of likely N-dealkylation sites (N-methyl/N-ethyl adjacent to an activating group) is 1. The third kappa shape index (κ3) is 4.99. The Morgan fingerprint density at radius 1 is 1.24 bits per heavy atom. The van der Waals surface area contributed by atoms with Crippen molar-refractivity contribution in [3.63, 3.8) is 0 Å². The Labute approximate surface area is 104 Å². The van der Waals surface area contributed by atoms with Crippen LogP contribution in [0.5, 0.6) is 0 Å². The van der Waals surface area contributed by atoms with E-state index >= 15 is 0 Å². The van der Waals surface area contributed by atoms with E-state index in [1.165, 1.54) is 0 Å². The predicted octanol–water partition coefficient (Wildman–Crippen LogP) is 1.66. The number of aromatic nitrogens is 2. The van der Waals surface area contributed by atoms with Gasteiger partial charge in [0.25, 0.3) is 0 Å². The van der Waals surface area contributed by atoms with Gasteiger partial charge in [-0.15, -0.1) is 0 Å². The number of anilines is 2. The van der Waals surface area contributed by atoms with Gasteiger partial charge < -0.3 is 15.5 Å². The van der Waals surface area contributed by atoms with Gasteiger partial charge in [0.2, 0.25) is 0 Å². The molecule has 17 heavy (non-hydrogen) atoms. The number of hydrogen-bond acceptors (Lipinski definition) is 5. The molecule has 0 aromatic carbocycles. The molecule has 1 atom stereocenters. The molecule has 1 aromatic heterocycles. The van der Waals surface area contributed by atoms with Gasteiger partial charge in [-0.25, -0.2) is 9.97 Å². The Morgan fingerprint density at radius 2 is 1.88 bits per heavy atom. The van der Waals surface area contributed by atoms with Crippen LogP contribution < -0.4 is 10.6 Å². The highest BCUT2D eigenvalue weighted by atomic mass is 15.1. The van der Waals surface area contributed by atoms with Crippen LogP contribution >= 0.6 is 0 Å². The molecule has 0 aliphatic rings. The van der Waals surface area contributed by atoms with Gasteiger partial charge in [-0.2, -0.15) is 0 Å².